The molecule has 8 heteroatoms. The molecule has 212 valence electrons. The number of allylic oxidation sites excluding steroid dienone is 2. The zero-order valence-corrected chi connectivity index (χ0v) is 24.5. The molecule has 3 aromatic heterocycles. The van der Waals surface area contributed by atoms with Crippen molar-refractivity contribution in [3.05, 3.63) is 69.8 Å². The van der Waals surface area contributed by atoms with Crippen LogP contribution in [0.25, 0.3) is 39.3 Å². The Labute approximate surface area is 239 Å². The number of carbonyl (C=O) groups is 2. The van der Waals surface area contributed by atoms with Gasteiger partial charge in [0.05, 0.1) is 23.5 Å². The molecule has 8 bridgehead atoms. The number of aromatic amines is 2. The highest BCUT2D eigenvalue weighted by Crippen LogP contribution is 2.43. The van der Waals surface area contributed by atoms with Gasteiger partial charge in [-0.05, 0) is 81.0 Å². The van der Waals surface area contributed by atoms with Crippen molar-refractivity contribution in [3.63, 3.8) is 0 Å². The van der Waals surface area contributed by atoms with Crippen molar-refractivity contribution >= 4 is 52.2 Å². The summed E-state index contributed by atoms with van der Waals surface area (Å²) in [5.74, 6) is 0.515. The quantitative estimate of drug-likeness (QED) is 0.226. The Morgan fingerprint density at radius 2 is 1.66 bits per heavy atom. The summed E-state index contributed by atoms with van der Waals surface area (Å²) in [6, 6.07) is 6.21. The van der Waals surface area contributed by atoms with Crippen LogP contribution in [0.3, 0.4) is 0 Å². The second kappa shape index (κ2) is 11.2. The third-order valence-corrected chi connectivity index (χ3v) is 8.61. The van der Waals surface area contributed by atoms with Crippen LogP contribution in [0.15, 0.2) is 24.8 Å². The smallest absolute Gasteiger partial charge is 0.298 e. The summed E-state index contributed by atoms with van der Waals surface area (Å²) >= 11 is 0. The second-order valence-corrected chi connectivity index (χ2v) is 10.7. The van der Waals surface area contributed by atoms with Gasteiger partial charge in [0.25, 0.3) is 12.9 Å². The van der Waals surface area contributed by atoms with E-state index in [4.69, 9.17) is 19.4 Å². The number of H-pyrrole nitrogens is 2. The molecule has 2 aliphatic rings. The second-order valence-electron chi connectivity index (χ2n) is 10.7. The lowest BCUT2D eigenvalue weighted by Crippen LogP contribution is -2.07. The summed E-state index contributed by atoms with van der Waals surface area (Å²) in [6.07, 6.45) is 3.31. The molecule has 0 saturated carbocycles. The number of fused-ring (bicyclic) bond motifs is 8. The fourth-order valence-electron chi connectivity index (χ4n) is 6.18. The van der Waals surface area contributed by atoms with Gasteiger partial charge in [-0.15, -0.1) is 0 Å². The molecule has 2 aliphatic heterocycles. The van der Waals surface area contributed by atoms with E-state index in [9.17, 15) is 9.59 Å². The van der Waals surface area contributed by atoms with Gasteiger partial charge in [-0.1, -0.05) is 26.5 Å². The highest BCUT2D eigenvalue weighted by molar-refractivity contribution is 5.93. The Hall–Kier alpha value is -4.46. The molecule has 0 amide bonds. The highest BCUT2D eigenvalue weighted by atomic mass is 16.5. The van der Waals surface area contributed by atoms with Crippen molar-refractivity contribution in [2.24, 2.45) is 0 Å². The number of nitrogens with one attached hydrogen (secondary N) is 2. The predicted molar refractivity (Wildman–Crippen MR) is 163 cm³/mol. The lowest BCUT2D eigenvalue weighted by Gasteiger charge is -2.16. The van der Waals surface area contributed by atoms with Crippen LogP contribution in [0.4, 0.5) is 0 Å². The molecule has 2 atom stereocenters. The maximum Gasteiger partial charge on any atom is 0.298 e. The van der Waals surface area contributed by atoms with E-state index in [0.717, 1.165) is 79.1 Å². The summed E-state index contributed by atoms with van der Waals surface area (Å²) in [7, 11) is 0. The van der Waals surface area contributed by atoms with Crippen LogP contribution < -0.4 is 4.74 Å². The number of carbonyl (C=O) groups excluding carboxylic acids is 2. The van der Waals surface area contributed by atoms with Crippen LogP contribution in [-0.4, -0.2) is 39.5 Å². The fourth-order valence-corrected chi connectivity index (χ4v) is 6.18. The maximum absolute atomic E-state index is 11.6. The molecule has 0 saturated heterocycles. The number of ether oxygens (including phenoxy) is 2. The number of rotatable bonds is 8. The third-order valence-electron chi connectivity index (χ3n) is 8.61. The van der Waals surface area contributed by atoms with Gasteiger partial charge < -0.3 is 19.4 Å². The van der Waals surface area contributed by atoms with E-state index in [-0.39, 0.29) is 18.4 Å². The zero-order valence-electron chi connectivity index (χ0n) is 24.5. The average molecular weight is 553 g/mol. The van der Waals surface area contributed by atoms with Gasteiger partial charge in [-0.2, -0.15) is 0 Å². The minimum absolute atomic E-state index is 0.00889. The van der Waals surface area contributed by atoms with Gasteiger partial charge in [0.1, 0.15) is 0 Å². The first kappa shape index (κ1) is 28.1. The topological polar surface area (TPSA) is 110 Å². The fraction of sp³-hybridized carbons (Fsp3) is 0.333. The minimum atomic E-state index is -0.00889. The van der Waals surface area contributed by atoms with Gasteiger partial charge in [0.2, 0.25) is 0 Å². The van der Waals surface area contributed by atoms with Gasteiger partial charge in [0.15, 0.2) is 5.75 Å². The van der Waals surface area contributed by atoms with E-state index in [1.54, 1.807) is 0 Å². The van der Waals surface area contributed by atoms with Crippen LogP contribution in [0.1, 0.15) is 90.5 Å². The molecule has 0 spiro atoms. The van der Waals surface area contributed by atoms with Gasteiger partial charge >= 0.3 is 0 Å². The number of hydrogen-bond acceptors (Lipinski definition) is 6. The first-order chi connectivity index (χ1) is 19.7. The third kappa shape index (κ3) is 4.77. The summed E-state index contributed by atoms with van der Waals surface area (Å²) in [6.45, 7) is 17.7. The van der Waals surface area contributed by atoms with Crippen LogP contribution >= 0.6 is 0 Å². The largest absolute Gasteiger partial charge is 0.468 e. The average Bonchev–Trinajstić information content (AvgIpc) is 3.63. The Bertz CT molecular complexity index is 1760. The molecule has 0 unspecified atom stereocenters. The number of aromatic nitrogens is 4. The van der Waals surface area contributed by atoms with E-state index < -0.39 is 0 Å². The minimum Gasteiger partial charge on any atom is -0.468 e. The Kier molecular flexibility index (Phi) is 7.67. The first-order valence-corrected chi connectivity index (χ1v) is 14.0. The van der Waals surface area contributed by atoms with Crippen molar-refractivity contribution < 1.29 is 19.1 Å². The SMILES string of the molecule is C=Cc1c(C)c2cc3nc(c(C)c4[nH]c(cc5nc(cc1[nH]2)C(C)=C5CC)c(C)c4OC=O)[C@@H](CCOC=O)[C@@H]3C. The Morgan fingerprint density at radius 1 is 0.927 bits per heavy atom. The zero-order chi connectivity index (χ0) is 29.4. The Morgan fingerprint density at radius 3 is 2.34 bits per heavy atom. The Balaban J connectivity index is 1.96. The molecule has 0 fully saturated rings. The number of hydrogen-bond donors (Lipinski definition) is 2. The van der Waals surface area contributed by atoms with E-state index in [1.165, 1.54) is 0 Å². The van der Waals surface area contributed by atoms with Gasteiger partial charge in [-0.25, -0.2) is 4.98 Å². The van der Waals surface area contributed by atoms with Crippen LogP contribution in [0.5, 0.6) is 5.75 Å². The summed E-state index contributed by atoms with van der Waals surface area (Å²) < 4.78 is 10.6. The number of aryl methyl sites for hydroxylation is 3. The van der Waals surface area contributed by atoms with Crippen molar-refractivity contribution in [2.45, 2.75) is 66.2 Å². The molecule has 0 aromatic carbocycles. The van der Waals surface area contributed by atoms with E-state index in [1.807, 2.05) is 26.0 Å². The molecule has 0 aliphatic carbocycles. The molecular formula is C33H36N4O4. The molecule has 2 N–H and O–H groups in total. The summed E-state index contributed by atoms with van der Waals surface area (Å²) in [4.78, 5) is 39.8. The van der Waals surface area contributed by atoms with Gasteiger partial charge in [0, 0.05) is 50.9 Å². The molecule has 5 heterocycles. The van der Waals surface area contributed by atoms with Crippen LogP contribution in [0.2, 0.25) is 0 Å². The number of nitrogens with zero attached hydrogens (tertiary/aromatic N) is 2. The lowest BCUT2D eigenvalue weighted by molar-refractivity contribution is -0.129. The molecule has 0 radical (unpaired) electrons. The lowest BCUT2D eigenvalue weighted by atomic mass is 9.87. The molecule has 3 aromatic rings. The van der Waals surface area contributed by atoms with E-state index in [0.29, 0.717) is 30.6 Å². The van der Waals surface area contributed by atoms with Gasteiger partial charge in [-0.3, -0.25) is 14.6 Å². The molecule has 5 rings (SSSR count). The standard InChI is InChI=1S/C33H36N4O4/c1-8-22-17(3)25-12-27-19(5)24(10-11-40-15-38)31(36-27)21(7)32-33(41-16-39)20(6)28(37-32)14-30-23(9-2)18(4)26(35-30)13-29(22)34-25/h8,12-16,19,24,34,37H,1,9-11H2,2-7H3/t19-,24-/m0/s1. The van der Waals surface area contributed by atoms with Crippen molar-refractivity contribution in [1.82, 2.24) is 19.9 Å². The monoisotopic (exact) mass is 552 g/mol. The normalized spacial score (nSPS) is 16.5. The van der Waals surface area contributed by atoms with Crippen LogP contribution in [0, 0.1) is 20.8 Å². The van der Waals surface area contributed by atoms with Crippen molar-refractivity contribution in [2.75, 3.05) is 6.61 Å². The molecular weight excluding hydrogens is 516 g/mol. The summed E-state index contributed by atoms with van der Waals surface area (Å²) in [5, 5.41) is 0. The molecule has 8 nitrogen and oxygen atoms in total. The van der Waals surface area contributed by atoms with E-state index in [2.05, 4.69) is 56.4 Å². The predicted octanol–water partition coefficient (Wildman–Crippen LogP) is 7.21. The molecule has 41 heavy (non-hydrogen) atoms. The first-order valence-electron chi connectivity index (χ1n) is 14.0. The summed E-state index contributed by atoms with van der Waals surface area (Å²) in [5.41, 5.74) is 13.0. The highest BCUT2D eigenvalue weighted by Gasteiger charge is 2.31. The maximum atomic E-state index is 11.6. The van der Waals surface area contributed by atoms with Crippen LogP contribution in [-0.2, 0) is 14.3 Å². The van der Waals surface area contributed by atoms with Crippen molar-refractivity contribution in [1.29, 1.82) is 0 Å². The van der Waals surface area contributed by atoms with Crippen molar-refractivity contribution in [3.8, 4) is 5.75 Å². The van der Waals surface area contributed by atoms with E-state index >= 15 is 0 Å².